The topological polar surface area (TPSA) is 9.23 Å². The first-order valence-electron chi connectivity index (χ1n) is 4.80. The van der Waals surface area contributed by atoms with Crippen molar-refractivity contribution in [2.75, 3.05) is 6.61 Å². The summed E-state index contributed by atoms with van der Waals surface area (Å²) in [6, 6.07) is 2.00. The molecular formula is C10H11Br2ClOS. The van der Waals surface area contributed by atoms with E-state index in [1.165, 1.54) is 4.88 Å². The zero-order valence-corrected chi connectivity index (χ0v) is 12.9. The predicted octanol–water partition coefficient (Wildman–Crippen LogP) is 5.03. The smallest absolute Gasteiger partial charge is 0.0887 e. The molecule has 84 valence electrons. The molecule has 2 heterocycles. The Labute approximate surface area is 115 Å². The largest absolute Gasteiger partial charge is 0.376 e. The molecule has 5 heteroatoms. The van der Waals surface area contributed by atoms with E-state index in [1.54, 1.807) is 11.3 Å². The minimum atomic E-state index is 0.254. The first kappa shape index (κ1) is 12.4. The van der Waals surface area contributed by atoms with Gasteiger partial charge in [0.1, 0.15) is 0 Å². The molecular weight excluding hydrogens is 363 g/mol. The molecule has 3 atom stereocenters. The van der Waals surface area contributed by atoms with Crippen molar-refractivity contribution in [2.24, 2.45) is 5.92 Å². The highest BCUT2D eigenvalue weighted by Gasteiger charge is 2.32. The molecule has 0 spiro atoms. The summed E-state index contributed by atoms with van der Waals surface area (Å²) in [5.41, 5.74) is 0. The number of hydrogen-bond acceptors (Lipinski definition) is 2. The van der Waals surface area contributed by atoms with Gasteiger partial charge < -0.3 is 4.74 Å². The van der Waals surface area contributed by atoms with Gasteiger partial charge in [-0.15, -0.1) is 11.3 Å². The van der Waals surface area contributed by atoms with E-state index >= 15 is 0 Å². The molecule has 0 saturated carbocycles. The van der Waals surface area contributed by atoms with Crippen molar-refractivity contribution >= 4 is 54.8 Å². The standard InChI is InChI=1S/C10H11Br2ClOS/c1-5-2-3-14-9(5)8(11)7-4-6(13)10(12)15-7/h4-5,8-9H,2-3H2,1H3. The van der Waals surface area contributed by atoms with Gasteiger partial charge in [-0.05, 0) is 34.3 Å². The van der Waals surface area contributed by atoms with E-state index in [4.69, 9.17) is 16.3 Å². The third-order valence-electron chi connectivity index (χ3n) is 2.67. The van der Waals surface area contributed by atoms with Crippen LogP contribution in [-0.2, 0) is 4.74 Å². The highest BCUT2D eigenvalue weighted by molar-refractivity contribution is 9.11. The van der Waals surface area contributed by atoms with E-state index in [9.17, 15) is 0 Å². The SMILES string of the molecule is CC1CCOC1C(Br)c1cc(Cl)c(Br)s1. The molecule has 15 heavy (non-hydrogen) atoms. The van der Waals surface area contributed by atoms with Gasteiger partial charge >= 0.3 is 0 Å². The summed E-state index contributed by atoms with van der Waals surface area (Å²) in [4.78, 5) is 1.48. The van der Waals surface area contributed by atoms with Crippen LogP contribution in [0.1, 0.15) is 23.0 Å². The van der Waals surface area contributed by atoms with Gasteiger partial charge in [-0.3, -0.25) is 0 Å². The Morgan fingerprint density at radius 1 is 1.67 bits per heavy atom. The molecule has 3 unspecified atom stereocenters. The second kappa shape index (κ2) is 5.05. The van der Waals surface area contributed by atoms with Crippen LogP contribution in [0.2, 0.25) is 5.02 Å². The molecule has 1 fully saturated rings. The van der Waals surface area contributed by atoms with Crippen LogP contribution in [-0.4, -0.2) is 12.7 Å². The summed E-state index contributed by atoms with van der Waals surface area (Å²) in [6.07, 6.45) is 1.42. The predicted molar refractivity (Wildman–Crippen MR) is 72.2 cm³/mol. The lowest BCUT2D eigenvalue weighted by atomic mass is 10.0. The van der Waals surface area contributed by atoms with Gasteiger partial charge in [0.15, 0.2) is 0 Å². The minimum absolute atomic E-state index is 0.254. The highest BCUT2D eigenvalue weighted by Crippen LogP contribution is 2.43. The highest BCUT2D eigenvalue weighted by atomic mass is 79.9. The zero-order valence-electron chi connectivity index (χ0n) is 8.17. The van der Waals surface area contributed by atoms with Crippen molar-refractivity contribution in [1.29, 1.82) is 0 Å². The first-order valence-corrected chi connectivity index (χ1v) is 7.70. The van der Waals surface area contributed by atoms with Crippen LogP contribution in [0.5, 0.6) is 0 Å². The maximum atomic E-state index is 6.02. The second-order valence-electron chi connectivity index (χ2n) is 3.77. The molecule has 1 aromatic rings. The van der Waals surface area contributed by atoms with E-state index in [1.807, 2.05) is 6.07 Å². The molecule has 0 amide bonds. The van der Waals surface area contributed by atoms with Gasteiger partial charge in [-0.25, -0.2) is 0 Å². The number of halogens is 3. The Kier molecular flexibility index (Phi) is 4.16. The summed E-state index contributed by atoms with van der Waals surface area (Å²) >= 11 is 14.8. The third kappa shape index (κ3) is 2.60. The molecule has 1 aliphatic heterocycles. The summed E-state index contributed by atoms with van der Waals surface area (Å²) in [5, 5.41) is 0.783. The molecule has 0 radical (unpaired) electrons. The molecule has 1 aliphatic rings. The lowest BCUT2D eigenvalue weighted by molar-refractivity contribution is 0.0941. The van der Waals surface area contributed by atoms with Crippen molar-refractivity contribution in [1.82, 2.24) is 0 Å². The van der Waals surface area contributed by atoms with Crippen molar-refractivity contribution in [3.05, 3.63) is 19.8 Å². The molecule has 1 aromatic heterocycles. The van der Waals surface area contributed by atoms with E-state index in [-0.39, 0.29) is 10.9 Å². The third-order valence-corrected chi connectivity index (χ3v) is 6.54. The van der Waals surface area contributed by atoms with E-state index < -0.39 is 0 Å². The van der Waals surface area contributed by atoms with Crippen molar-refractivity contribution in [2.45, 2.75) is 24.3 Å². The maximum absolute atomic E-state index is 6.02. The molecule has 1 saturated heterocycles. The van der Waals surface area contributed by atoms with Gasteiger partial charge in [0.25, 0.3) is 0 Å². The lowest BCUT2D eigenvalue weighted by Gasteiger charge is -2.19. The molecule has 0 aromatic carbocycles. The van der Waals surface area contributed by atoms with E-state index in [2.05, 4.69) is 38.8 Å². The Bertz CT molecular complexity index is 336. The van der Waals surface area contributed by atoms with E-state index in [0.29, 0.717) is 5.92 Å². The first-order chi connectivity index (χ1) is 7.09. The van der Waals surface area contributed by atoms with E-state index in [0.717, 1.165) is 21.8 Å². The van der Waals surface area contributed by atoms with Gasteiger partial charge in [0.2, 0.25) is 0 Å². The van der Waals surface area contributed by atoms with Crippen molar-refractivity contribution in [3.63, 3.8) is 0 Å². The van der Waals surface area contributed by atoms with Crippen molar-refractivity contribution < 1.29 is 4.74 Å². The van der Waals surface area contributed by atoms with Crippen molar-refractivity contribution in [3.8, 4) is 0 Å². The molecule has 0 N–H and O–H groups in total. The summed E-state index contributed by atoms with van der Waals surface area (Å²) < 4.78 is 6.73. The van der Waals surface area contributed by atoms with Gasteiger partial charge in [-0.1, -0.05) is 34.5 Å². The Morgan fingerprint density at radius 2 is 2.40 bits per heavy atom. The van der Waals surface area contributed by atoms with Crippen LogP contribution in [0.4, 0.5) is 0 Å². The fraction of sp³-hybridized carbons (Fsp3) is 0.600. The molecule has 0 bridgehead atoms. The average molecular weight is 375 g/mol. The normalized spacial score (nSPS) is 28.3. The van der Waals surface area contributed by atoms with Crippen LogP contribution in [0, 0.1) is 5.92 Å². The Hall–Kier alpha value is 0.910. The van der Waals surface area contributed by atoms with Crippen LogP contribution < -0.4 is 0 Å². The van der Waals surface area contributed by atoms with Crippen LogP contribution >= 0.6 is 54.8 Å². The number of rotatable bonds is 2. The molecule has 1 nitrogen and oxygen atoms in total. The fourth-order valence-electron chi connectivity index (χ4n) is 1.75. The number of ether oxygens (including phenoxy) is 1. The van der Waals surface area contributed by atoms with Crippen LogP contribution in [0.15, 0.2) is 9.85 Å². The van der Waals surface area contributed by atoms with Gasteiger partial charge in [0, 0.05) is 11.5 Å². The zero-order chi connectivity index (χ0) is 11.0. The number of hydrogen-bond donors (Lipinski definition) is 0. The monoisotopic (exact) mass is 372 g/mol. The Morgan fingerprint density at radius 3 is 2.87 bits per heavy atom. The quantitative estimate of drug-likeness (QED) is 0.660. The lowest BCUT2D eigenvalue weighted by Crippen LogP contribution is -2.18. The molecule has 2 rings (SSSR count). The average Bonchev–Trinajstić information content (AvgIpc) is 2.74. The summed E-state index contributed by atoms with van der Waals surface area (Å²) in [7, 11) is 0. The van der Waals surface area contributed by atoms with Crippen LogP contribution in [0.3, 0.4) is 0 Å². The summed E-state index contributed by atoms with van der Waals surface area (Å²) in [6.45, 7) is 3.10. The maximum Gasteiger partial charge on any atom is 0.0887 e. The minimum Gasteiger partial charge on any atom is -0.376 e. The summed E-state index contributed by atoms with van der Waals surface area (Å²) in [5.74, 6) is 0.606. The fourth-order valence-corrected chi connectivity index (χ4v) is 4.60. The molecule has 0 aliphatic carbocycles. The Balaban J connectivity index is 2.16. The van der Waals surface area contributed by atoms with Gasteiger partial charge in [-0.2, -0.15) is 0 Å². The van der Waals surface area contributed by atoms with Crippen LogP contribution in [0.25, 0.3) is 0 Å². The van der Waals surface area contributed by atoms with Gasteiger partial charge in [0.05, 0.1) is 19.7 Å². The number of thiophene rings is 1. The number of alkyl halides is 1. The second-order valence-corrected chi connectivity index (χ2v) is 7.57.